The Balaban J connectivity index is 1.34. The number of para-hydroxylation sites is 1. The highest BCUT2D eigenvalue weighted by atomic mass is 32.2. The second kappa shape index (κ2) is 11.6. The van der Waals surface area contributed by atoms with Gasteiger partial charge in [-0.2, -0.15) is 0 Å². The van der Waals surface area contributed by atoms with Crippen LogP contribution in [0.4, 0.5) is 0 Å². The zero-order valence-corrected chi connectivity index (χ0v) is 24.0. The highest BCUT2D eigenvalue weighted by Gasteiger charge is 2.33. The van der Waals surface area contributed by atoms with Gasteiger partial charge in [0, 0.05) is 51.3 Å². The van der Waals surface area contributed by atoms with Gasteiger partial charge in [-0.1, -0.05) is 18.2 Å². The molecule has 1 saturated carbocycles. The first-order valence-electron chi connectivity index (χ1n) is 13.8. The number of aromatic nitrogens is 2. The van der Waals surface area contributed by atoms with E-state index in [4.69, 9.17) is 4.74 Å². The number of thioether (sulfide) groups is 1. The van der Waals surface area contributed by atoms with E-state index in [0.717, 1.165) is 52.9 Å². The van der Waals surface area contributed by atoms with Gasteiger partial charge in [0.1, 0.15) is 0 Å². The van der Waals surface area contributed by atoms with Gasteiger partial charge >= 0.3 is 0 Å². The van der Waals surface area contributed by atoms with Crippen molar-refractivity contribution in [2.75, 3.05) is 19.5 Å². The molecule has 5 rings (SSSR count). The van der Waals surface area contributed by atoms with Crippen LogP contribution in [0.15, 0.2) is 40.0 Å². The number of amides is 2. The summed E-state index contributed by atoms with van der Waals surface area (Å²) in [5.74, 6) is 0.464. The summed E-state index contributed by atoms with van der Waals surface area (Å²) in [4.78, 5) is 42.6. The Morgan fingerprint density at radius 1 is 1.15 bits per heavy atom. The quantitative estimate of drug-likeness (QED) is 0.359. The minimum atomic E-state index is -0.179. The number of nitrogens with zero attached hydrogens (tertiary/aromatic N) is 1. The number of ether oxygens (including phenoxy) is 1. The van der Waals surface area contributed by atoms with Crippen LogP contribution < -0.4 is 16.2 Å². The Morgan fingerprint density at radius 2 is 1.87 bits per heavy atom. The van der Waals surface area contributed by atoms with Gasteiger partial charge in [0.25, 0.3) is 11.5 Å². The lowest BCUT2D eigenvalue weighted by Gasteiger charge is -2.35. The first-order valence-corrected chi connectivity index (χ1v) is 15.0. The zero-order valence-electron chi connectivity index (χ0n) is 23.1. The number of hydrogen-bond acceptors (Lipinski definition) is 5. The minimum absolute atomic E-state index is 0.0639. The highest BCUT2D eigenvalue weighted by Crippen LogP contribution is 2.39. The fourth-order valence-corrected chi connectivity index (χ4v) is 6.91. The molecule has 1 saturated heterocycles. The number of benzene rings is 1. The number of aromatic amines is 1. The molecule has 1 unspecified atom stereocenters. The Labute approximate surface area is 233 Å². The smallest absolute Gasteiger partial charge is 0.254 e. The Kier molecular flexibility index (Phi) is 8.19. The van der Waals surface area contributed by atoms with Gasteiger partial charge in [-0.3, -0.25) is 14.4 Å². The van der Waals surface area contributed by atoms with Crippen LogP contribution in [0.1, 0.15) is 66.0 Å². The van der Waals surface area contributed by atoms with Crippen LogP contribution in [0.2, 0.25) is 0 Å². The third kappa shape index (κ3) is 5.52. The van der Waals surface area contributed by atoms with Gasteiger partial charge in [-0.25, -0.2) is 0 Å². The maximum Gasteiger partial charge on any atom is 0.254 e. The van der Waals surface area contributed by atoms with E-state index in [1.165, 1.54) is 11.8 Å². The summed E-state index contributed by atoms with van der Waals surface area (Å²) in [6.07, 6.45) is 5.64. The molecule has 2 aliphatic rings. The number of pyridine rings is 1. The number of aryl methyl sites for hydroxylation is 1. The van der Waals surface area contributed by atoms with Crippen molar-refractivity contribution in [2.45, 2.75) is 70.0 Å². The van der Waals surface area contributed by atoms with Crippen molar-refractivity contribution in [3.8, 4) is 0 Å². The molecule has 208 valence electrons. The average Bonchev–Trinajstić information content (AvgIpc) is 3.20. The molecule has 3 aromatic rings. The zero-order chi connectivity index (χ0) is 27.7. The molecule has 1 aromatic carbocycles. The van der Waals surface area contributed by atoms with Crippen LogP contribution in [0.3, 0.4) is 0 Å². The molecule has 3 N–H and O–H groups in total. The number of rotatable bonds is 8. The van der Waals surface area contributed by atoms with Crippen LogP contribution in [0, 0.1) is 25.7 Å². The van der Waals surface area contributed by atoms with Crippen molar-refractivity contribution in [1.29, 1.82) is 0 Å². The summed E-state index contributed by atoms with van der Waals surface area (Å²) in [5.41, 5.74) is 3.82. The van der Waals surface area contributed by atoms with E-state index in [2.05, 4.69) is 33.2 Å². The fraction of sp³-hybridized carbons (Fsp3) is 0.500. The Morgan fingerprint density at radius 3 is 2.54 bits per heavy atom. The van der Waals surface area contributed by atoms with Crippen molar-refractivity contribution >= 4 is 34.5 Å². The van der Waals surface area contributed by atoms with Crippen molar-refractivity contribution in [3.63, 3.8) is 0 Å². The van der Waals surface area contributed by atoms with E-state index in [1.807, 2.05) is 44.4 Å². The van der Waals surface area contributed by atoms with Gasteiger partial charge in [0.15, 0.2) is 0 Å². The minimum Gasteiger partial charge on any atom is -0.377 e. The van der Waals surface area contributed by atoms with Gasteiger partial charge in [-0.05, 0) is 70.8 Å². The molecule has 0 bridgehead atoms. The van der Waals surface area contributed by atoms with E-state index in [-0.39, 0.29) is 41.9 Å². The summed E-state index contributed by atoms with van der Waals surface area (Å²) in [5, 5.41) is 7.05. The molecule has 1 aliphatic carbocycles. The maximum atomic E-state index is 13.6. The largest absolute Gasteiger partial charge is 0.377 e. The molecule has 1 aliphatic heterocycles. The van der Waals surface area contributed by atoms with Crippen LogP contribution >= 0.6 is 11.8 Å². The molecule has 39 heavy (non-hydrogen) atoms. The van der Waals surface area contributed by atoms with Crippen LogP contribution in [0.5, 0.6) is 0 Å². The van der Waals surface area contributed by atoms with Crippen LogP contribution in [-0.2, 0) is 16.1 Å². The third-order valence-corrected chi connectivity index (χ3v) is 9.28. The predicted octanol–water partition coefficient (Wildman–Crippen LogP) is 4.48. The van der Waals surface area contributed by atoms with E-state index in [0.29, 0.717) is 30.3 Å². The molecule has 2 fully saturated rings. The second-order valence-corrected chi connectivity index (χ2v) is 11.8. The summed E-state index contributed by atoms with van der Waals surface area (Å²) in [7, 11) is 0. The number of hydrogen-bond donors (Lipinski definition) is 3. The lowest BCUT2D eigenvalue weighted by molar-refractivity contribution is -0.130. The molecule has 2 amide bonds. The first-order chi connectivity index (χ1) is 18.8. The molecule has 1 atom stereocenters. The van der Waals surface area contributed by atoms with Crippen molar-refractivity contribution in [3.05, 3.63) is 63.2 Å². The number of fused-ring (bicyclic) bond motifs is 1. The molecule has 2 aromatic heterocycles. The number of carbonyl (C=O) groups is 2. The third-order valence-electron chi connectivity index (χ3n) is 8.48. The van der Waals surface area contributed by atoms with Crippen molar-refractivity contribution in [1.82, 2.24) is 20.2 Å². The summed E-state index contributed by atoms with van der Waals surface area (Å²) < 4.78 is 7.48. The van der Waals surface area contributed by atoms with Crippen molar-refractivity contribution < 1.29 is 14.3 Å². The Hall–Kier alpha value is -3.04. The molecule has 0 spiro atoms. The van der Waals surface area contributed by atoms with E-state index in [9.17, 15) is 14.4 Å². The Bertz CT molecular complexity index is 1430. The standard InChI is InChI=1S/C30H38N4O4S/c1-17-13-26(39-4)24(29(36)32-17)14-31-30(37)27-19(3)34(25-8-6-5-7-23(25)27)18(2)20-9-11-21(12-10-20)28(35)33-22-15-38-16-22/h5-8,13,18,20-22H,9-12,14-16H2,1-4H3,(H,31,37)(H,32,36)(H,33,35). The molecule has 8 nitrogen and oxygen atoms in total. The normalized spacial score (nSPS) is 20.4. The van der Waals surface area contributed by atoms with E-state index < -0.39 is 0 Å². The summed E-state index contributed by atoms with van der Waals surface area (Å²) in [6, 6.07) is 10.3. The van der Waals surface area contributed by atoms with E-state index in [1.54, 1.807) is 0 Å². The van der Waals surface area contributed by atoms with Crippen molar-refractivity contribution in [2.24, 2.45) is 11.8 Å². The average molecular weight is 551 g/mol. The molecular weight excluding hydrogens is 512 g/mol. The summed E-state index contributed by atoms with van der Waals surface area (Å²) >= 11 is 1.50. The van der Waals surface area contributed by atoms with Gasteiger partial charge < -0.3 is 24.9 Å². The number of carbonyl (C=O) groups excluding carboxylic acids is 2. The number of nitrogens with one attached hydrogen (secondary N) is 3. The summed E-state index contributed by atoms with van der Waals surface area (Å²) in [6.45, 7) is 7.50. The van der Waals surface area contributed by atoms with Crippen LogP contribution in [-0.4, -0.2) is 46.9 Å². The second-order valence-electron chi connectivity index (χ2n) is 11.0. The number of H-pyrrole nitrogens is 1. The van der Waals surface area contributed by atoms with Gasteiger partial charge in [0.05, 0.1) is 24.8 Å². The lowest BCUT2D eigenvalue weighted by Crippen LogP contribution is -2.50. The molecule has 0 radical (unpaired) electrons. The highest BCUT2D eigenvalue weighted by molar-refractivity contribution is 7.98. The molecule has 3 heterocycles. The van der Waals surface area contributed by atoms with Gasteiger partial charge in [-0.15, -0.1) is 11.8 Å². The van der Waals surface area contributed by atoms with Gasteiger partial charge in [0.2, 0.25) is 5.91 Å². The molecule has 9 heteroatoms. The lowest BCUT2D eigenvalue weighted by atomic mass is 9.78. The SMILES string of the molecule is CSc1cc(C)[nH]c(=O)c1CNC(=O)c1c(C)n(C(C)C2CCC(C(=O)NC3COC3)CC2)c2ccccc12. The topological polar surface area (TPSA) is 105 Å². The molecular formula is C30H38N4O4S. The van der Waals surface area contributed by atoms with E-state index >= 15 is 0 Å². The first kappa shape index (κ1) is 27.5. The fourth-order valence-electron chi connectivity index (χ4n) is 6.21. The maximum absolute atomic E-state index is 13.6. The monoisotopic (exact) mass is 550 g/mol. The van der Waals surface area contributed by atoms with Crippen LogP contribution in [0.25, 0.3) is 10.9 Å². The predicted molar refractivity (Wildman–Crippen MR) is 154 cm³/mol.